The molecule has 2 aliphatic rings. The lowest BCUT2D eigenvalue weighted by molar-refractivity contribution is -0.118. The van der Waals surface area contributed by atoms with Crippen molar-refractivity contribution in [3.8, 4) is 11.5 Å². The number of carbonyl (C=O) groups excluding carboxylic acids is 1. The molecule has 4 rings (SSSR count). The molecule has 1 saturated heterocycles. The van der Waals surface area contributed by atoms with Gasteiger partial charge in [-0.1, -0.05) is 6.07 Å². The fraction of sp³-hybridized carbons (Fsp3) is 0.476. The summed E-state index contributed by atoms with van der Waals surface area (Å²) in [5.41, 5.74) is 1.90. The van der Waals surface area contributed by atoms with Crippen molar-refractivity contribution in [3.63, 3.8) is 0 Å². The predicted molar refractivity (Wildman–Crippen MR) is 109 cm³/mol. The zero-order chi connectivity index (χ0) is 20.2. The first-order chi connectivity index (χ1) is 14.2. The number of carbonyl (C=O) groups is 1. The number of hydrogen-bond acceptors (Lipinski definition) is 7. The lowest BCUT2D eigenvalue weighted by Gasteiger charge is -2.31. The minimum atomic E-state index is 0.0183. The maximum absolute atomic E-state index is 13.1. The van der Waals surface area contributed by atoms with Crippen LogP contribution in [0.15, 0.2) is 24.4 Å². The van der Waals surface area contributed by atoms with E-state index in [1.807, 2.05) is 24.4 Å². The van der Waals surface area contributed by atoms with Gasteiger partial charge in [0.2, 0.25) is 11.9 Å². The van der Waals surface area contributed by atoms with Crippen LogP contribution in [0.3, 0.4) is 0 Å². The highest BCUT2D eigenvalue weighted by Gasteiger charge is 2.26. The number of rotatable bonds is 5. The molecule has 0 radical (unpaired) electrons. The van der Waals surface area contributed by atoms with E-state index < -0.39 is 0 Å². The first-order valence-corrected chi connectivity index (χ1v) is 9.89. The van der Waals surface area contributed by atoms with E-state index in [4.69, 9.17) is 19.2 Å². The van der Waals surface area contributed by atoms with E-state index in [0.29, 0.717) is 37.2 Å². The summed E-state index contributed by atoms with van der Waals surface area (Å²) in [5.74, 6) is 2.68. The maximum Gasteiger partial charge on any atom is 0.232 e. The van der Waals surface area contributed by atoms with E-state index >= 15 is 0 Å². The Labute approximate surface area is 170 Å². The van der Waals surface area contributed by atoms with Crippen LogP contribution >= 0.6 is 0 Å². The van der Waals surface area contributed by atoms with Crippen LogP contribution in [-0.2, 0) is 22.4 Å². The Hall–Kier alpha value is -2.87. The van der Waals surface area contributed by atoms with Crippen molar-refractivity contribution in [3.05, 3.63) is 35.5 Å². The maximum atomic E-state index is 13.1. The van der Waals surface area contributed by atoms with Crippen LogP contribution in [0.4, 0.5) is 11.8 Å². The highest BCUT2D eigenvalue weighted by molar-refractivity contribution is 5.95. The summed E-state index contributed by atoms with van der Waals surface area (Å²) in [6, 6.07) is 5.56. The minimum absolute atomic E-state index is 0.0183. The van der Waals surface area contributed by atoms with Gasteiger partial charge in [-0.25, -0.2) is 4.98 Å². The summed E-state index contributed by atoms with van der Waals surface area (Å²) in [7, 11) is 3.19. The Morgan fingerprint density at radius 2 is 1.93 bits per heavy atom. The molecular weight excluding hydrogens is 372 g/mol. The third kappa shape index (κ3) is 4.12. The molecule has 0 unspecified atom stereocenters. The molecule has 2 aromatic rings. The van der Waals surface area contributed by atoms with E-state index in [1.54, 1.807) is 19.1 Å². The van der Waals surface area contributed by atoms with Crippen LogP contribution in [0.5, 0.6) is 11.5 Å². The molecule has 1 aromatic carbocycles. The molecule has 8 heteroatoms. The fourth-order valence-electron chi connectivity index (χ4n) is 3.75. The third-order valence-corrected chi connectivity index (χ3v) is 5.31. The number of benzene rings is 1. The fourth-order valence-corrected chi connectivity index (χ4v) is 3.75. The monoisotopic (exact) mass is 398 g/mol. The van der Waals surface area contributed by atoms with E-state index in [0.717, 1.165) is 42.9 Å². The smallest absolute Gasteiger partial charge is 0.232 e. The molecule has 1 amide bonds. The van der Waals surface area contributed by atoms with Crippen LogP contribution in [0.25, 0.3) is 0 Å². The van der Waals surface area contributed by atoms with E-state index in [9.17, 15) is 4.79 Å². The number of anilines is 2. The molecule has 0 bridgehead atoms. The largest absolute Gasteiger partial charge is 0.493 e. The second-order valence-electron chi connectivity index (χ2n) is 7.13. The van der Waals surface area contributed by atoms with Gasteiger partial charge < -0.3 is 19.1 Å². The zero-order valence-corrected chi connectivity index (χ0v) is 16.9. The van der Waals surface area contributed by atoms with Crippen molar-refractivity contribution in [2.45, 2.75) is 19.3 Å². The summed E-state index contributed by atoms with van der Waals surface area (Å²) in [4.78, 5) is 26.3. The number of hydrogen-bond donors (Lipinski definition) is 0. The molecule has 1 aromatic heterocycles. The summed E-state index contributed by atoms with van der Waals surface area (Å²) in [6.07, 6.45) is 3.93. The van der Waals surface area contributed by atoms with Gasteiger partial charge in [0, 0.05) is 31.4 Å². The normalized spacial score (nSPS) is 16.3. The first kappa shape index (κ1) is 19.4. The molecule has 8 nitrogen and oxygen atoms in total. The molecule has 154 valence electrons. The van der Waals surface area contributed by atoms with Gasteiger partial charge in [-0.2, -0.15) is 4.98 Å². The second kappa shape index (κ2) is 8.65. The zero-order valence-electron chi connectivity index (χ0n) is 16.9. The lowest BCUT2D eigenvalue weighted by atomic mass is 10.1. The number of nitrogens with zero attached hydrogens (tertiary/aromatic N) is 4. The minimum Gasteiger partial charge on any atom is -0.493 e. The van der Waals surface area contributed by atoms with Crippen LogP contribution in [-0.4, -0.2) is 62.9 Å². The highest BCUT2D eigenvalue weighted by Crippen LogP contribution is 2.30. The van der Waals surface area contributed by atoms with Crippen molar-refractivity contribution in [1.29, 1.82) is 0 Å². The number of morpholine rings is 1. The molecule has 3 heterocycles. The molecule has 0 spiro atoms. The molecule has 0 aliphatic carbocycles. The Kier molecular flexibility index (Phi) is 5.80. The van der Waals surface area contributed by atoms with Gasteiger partial charge in [0.15, 0.2) is 11.5 Å². The van der Waals surface area contributed by atoms with E-state index in [1.165, 1.54) is 0 Å². The molecule has 0 N–H and O–H groups in total. The van der Waals surface area contributed by atoms with Gasteiger partial charge >= 0.3 is 0 Å². The predicted octanol–water partition coefficient (Wildman–Crippen LogP) is 1.85. The lowest BCUT2D eigenvalue weighted by Crippen LogP contribution is -2.40. The quantitative estimate of drug-likeness (QED) is 0.761. The van der Waals surface area contributed by atoms with Crippen LogP contribution in [0.1, 0.15) is 17.5 Å². The van der Waals surface area contributed by atoms with Crippen molar-refractivity contribution >= 4 is 17.7 Å². The molecule has 29 heavy (non-hydrogen) atoms. The number of ether oxygens (including phenoxy) is 3. The van der Waals surface area contributed by atoms with Crippen molar-refractivity contribution < 1.29 is 19.0 Å². The summed E-state index contributed by atoms with van der Waals surface area (Å²) in [5, 5.41) is 0. The van der Waals surface area contributed by atoms with Crippen LogP contribution < -0.4 is 19.3 Å². The molecular formula is C21H26N4O4. The van der Waals surface area contributed by atoms with Gasteiger partial charge in [0.25, 0.3) is 0 Å². The number of amides is 1. The number of aryl methyl sites for hydroxylation is 1. The van der Waals surface area contributed by atoms with Crippen molar-refractivity contribution in [2.24, 2.45) is 0 Å². The standard InChI is InChI=1S/C21H26N4O4/c1-27-17-6-5-15(12-18(17)28-2)13-19(26)25-7-3-4-16-14-22-21(23-20(16)25)24-8-10-29-11-9-24/h5-6,12,14H,3-4,7-11,13H2,1-2H3. The summed E-state index contributed by atoms with van der Waals surface area (Å²) in [6.45, 7) is 3.53. The molecule has 2 aliphatic heterocycles. The van der Waals surface area contributed by atoms with Crippen LogP contribution in [0.2, 0.25) is 0 Å². The summed E-state index contributed by atoms with van der Waals surface area (Å²) >= 11 is 0. The Balaban J connectivity index is 1.56. The molecule has 1 fully saturated rings. The second-order valence-corrected chi connectivity index (χ2v) is 7.13. The first-order valence-electron chi connectivity index (χ1n) is 9.89. The third-order valence-electron chi connectivity index (χ3n) is 5.31. The van der Waals surface area contributed by atoms with Crippen LogP contribution in [0, 0.1) is 0 Å². The molecule has 0 saturated carbocycles. The number of aromatic nitrogens is 2. The van der Waals surface area contributed by atoms with Crippen molar-refractivity contribution in [1.82, 2.24) is 9.97 Å². The number of fused-ring (bicyclic) bond motifs is 1. The topological polar surface area (TPSA) is 77.0 Å². The van der Waals surface area contributed by atoms with Gasteiger partial charge in [0.05, 0.1) is 33.9 Å². The van der Waals surface area contributed by atoms with Gasteiger partial charge in [-0.3, -0.25) is 9.69 Å². The average Bonchev–Trinajstić information content (AvgIpc) is 2.78. The van der Waals surface area contributed by atoms with Crippen molar-refractivity contribution in [2.75, 3.05) is 56.9 Å². The average molecular weight is 398 g/mol. The van der Waals surface area contributed by atoms with Gasteiger partial charge in [-0.15, -0.1) is 0 Å². The van der Waals surface area contributed by atoms with Gasteiger partial charge in [0.1, 0.15) is 5.82 Å². The highest BCUT2D eigenvalue weighted by atomic mass is 16.5. The van der Waals surface area contributed by atoms with Gasteiger partial charge in [-0.05, 0) is 30.5 Å². The summed E-state index contributed by atoms with van der Waals surface area (Å²) < 4.78 is 16.0. The Bertz CT molecular complexity index is 883. The van der Waals surface area contributed by atoms with E-state index in [-0.39, 0.29) is 12.3 Å². The Morgan fingerprint density at radius 1 is 1.14 bits per heavy atom. The molecule has 0 atom stereocenters. The SMILES string of the molecule is COc1ccc(CC(=O)N2CCCc3cnc(N4CCOCC4)nc32)cc1OC. The van der Waals surface area contributed by atoms with E-state index in [2.05, 4.69) is 9.88 Å². The number of methoxy groups -OCH3 is 2. The Morgan fingerprint density at radius 3 is 2.69 bits per heavy atom.